The van der Waals surface area contributed by atoms with Crippen LogP contribution < -0.4 is 9.47 Å². The van der Waals surface area contributed by atoms with Crippen LogP contribution in [0.5, 0.6) is 11.5 Å². The highest BCUT2D eigenvalue weighted by atomic mass is 16.7. The Labute approximate surface area is 139 Å². The first-order valence-electron chi connectivity index (χ1n) is 8.36. The Balaban J connectivity index is 1.43. The van der Waals surface area contributed by atoms with Crippen molar-refractivity contribution in [2.45, 2.75) is 38.3 Å². The zero-order chi connectivity index (χ0) is 16.3. The Hall–Kier alpha value is -2.57. The molecule has 3 heterocycles. The average molecular weight is 326 g/mol. The number of benzene rings is 1. The molecule has 0 radical (unpaired) electrons. The highest BCUT2D eigenvalue weighted by Gasteiger charge is 2.35. The van der Waals surface area contributed by atoms with Crippen molar-refractivity contribution in [3.05, 3.63) is 35.4 Å². The highest BCUT2D eigenvalue weighted by Crippen LogP contribution is 2.39. The summed E-state index contributed by atoms with van der Waals surface area (Å²) in [5, 5.41) is 4.61. The molecule has 1 aliphatic carbocycles. The van der Waals surface area contributed by atoms with Gasteiger partial charge in [0.2, 0.25) is 6.79 Å². The second-order valence-corrected chi connectivity index (χ2v) is 6.57. The van der Waals surface area contributed by atoms with Crippen molar-refractivity contribution < 1.29 is 14.3 Å². The van der Waals surface area contributed by atoms with Crippen LogP contribution in [0.15, 0.2) is 18.2 Å². The van der Waals surface area contributed by atoms with Gasteiger partial charge in [0.15, 0.2) is 17.3 Å². The Morgan fingerprint density at radius 1 is 1.21 bits per heavy atom. The number of nitrogens with zero attached hydrogens (tertiary/aromatic N) is 4. The molecular formula is C17H18N4O3. The van der Waals surface area contributed by atoms with Gasteiger partial charge in [-0.2, -0.15) is 5.10 Å². The lowest BCUT2D eigenvalue weighted by molar-refractivity contribution is 0.0630. The van der Waals surface area contributed by atoms with Gasteiger partial charge in [-0.25, -0.2) is 9.67 Å². The third kappa shape index (κ3) is 2.07. The molecule has 0 spiro atoms. The fraction of sp³-hybridized carbons (Fsp3) is 0.471. The van der Waals surface area contributed by atoms with Crippen LogP contribution in [0.25, 0.3) is 0 Å². The molecule has 7 nitrogen and oxygen atoms in total. The maximum absolute atomic E-state index is 12.9. The molecule has 2 aromatic rings. The number of rotatable bonds is 2. The molecule has 2 aliphatic heterocycles. The Kier molecular flexibility index (Phi) is 2.86. The van der Waals surface area contributed by atoms with Crippen molar-refractivity contribution in [3.8, 4) is 11.5 Å². The van der Waals surface area contributed by atoms with Crippen LogP contribution in [-0.2, 0) is 6.54 Å². The Morgan fingerprint density at radius 2 is 2.04 bits per heavy atom. The fourth-order valence-corrected chi connectivity index (χ4v) is 3.37. The molecule has 1 aromatic heterocycles. The quantitative estimate of drug-likeness (QED) is 0.845. The number of hydrogen-bond donors (Lipinski definition) is 0. The van der Waals surface area contributed by atoms with Gasteiger partial charge in [-0.05, 0) is 38.0 Å². The standard InChI is InChI=1S/C17H18N4O3/c1-10-16-18-15(11-2-3-11)19-21(16)7-6-20(10)17(22)12-4-5-13-14(8-12)24-9-23-13/h4-5,8,10-11H,2-3,6-7,9H2,1H3/t10-/m1/s1. The fourth-order valence-electron chi connectivity index (χ4n) is 3.37. The molecule has 0 bridgehead atoms. The molecule has 0 saturated heterocycles. The van der Waals surface area contributed by atoms with E-state index in [4.69, 9.17) is 14.5 Å². The van der Waals surface area contributed by atoms with Gasteiger partial charge >= 0.3 is 0 Å². The van der Waals surface area contributed by atoms with Gasteiger partial charge in [0.25, 0.3) is 5.91 Å². The number of carbonyl (C=O) groups is 1. The van der Waals surface area contributed by atoms with Gasteiger partial charge in [-0.1, -0.05) is 0 Å². The topological polar surface area (TPSA) is 69.5 Å². The summed E-state index contributed by atoms with van der Waals surface area (Å²) in [5.74, 6) is 3.65. The Morgan fingerprint density at radius 3 is 2.88 bits per heavy atom. The first-order valence-corrected chi connectivity index (χ1v) is 8.36. The number of aromatic nitrogens is 3. The van der Waals surface area contributed by atoms with Crippen LogP contribution in [0.1, 0.15) is 53.7 Å². The molecule has 1 amide bonds. The summed E-state index contributed by atoms with van der Waals surface area (Å²) in [6, 6.07) is 5.25. The molecule has 1 aromatic carbocycles. The summed E-state index contributed by atoms with van der Waals surface area (Å²) in [5.41, 5.74) is 0.612. The summed E-state index contributed by atoms with van der Waals surface area (Å²) in [6.45, 7) is 3.55. The van der Waals surface area contributed by atoms with E-state index >= 15 is 0 Å². The molecule has 24 heavy (non-hydrogen) atoms. The number of hydrogen-bond acceptors (Lipinski definition) is 5. The zero-order valence-corrected chi connectivity index (χ0v) is 13.4. The van der Waals surface area contributed by atoms with E-state index in [1.807, 2.05) is 16.5 Å². The lowest BCUT2D eigenvalue weighted by atomic mass is 10.1. The highest BCUT2D eigenvalue weighted by molar-refractivity contribution is 5.95. The van der Waals surface area contributed by atoms with Gasteiger partial charge in [-0.15, -0.1) is 0 Å². The van der Waals surface area contributed by atoms with Crippen LogP contribution in [-0.4, -0.2) is 38.9 Å². The molecule has 1 saturated carbocycles. The lowest BCUT2D eigenvalue weighted by Crippen LogP contribution is -2.41. The number of carbonyl (C=O) groups excluding carboxylic acids is 1. The molecular weight excluding hydrogens is 308 g/mol. The first kappa shape index (κ1) is 13.8. The maximum atomic E-state index is 12.9. The largest absolute Gasteiger partial charge is 0.454 e. The van der Waals surface area contributed by atoms with E-state index in [0.717, 1.165) is 11.6 Å². The zero-order valence-electron chi connectivity index (χ0n) is 13.4. The van der Waals surface area contributed by atoms with Crippen molar-refractivity contribution in [2.75, 3.05) is 13.3 Å². The van der Waals surface area contributed by atoms with E-state index in [1.54, 1.807) is 18.2 Å². The predicted octanol–water partition coefficient (Wildman–Crippen LogP) is 2.10. The van der Waals surface area contributed by atoms with E-state index in [2.05, 4.69) is 5.10 Å². The van der Waals surface area contributed by atoms with Gasteiger partial charge in [0.1, 0.15) is 5.82 Å². The van der Waals surface area contributed by atoms with Gasteiger partial charge in [-0.3, -0.25) is 4.79 Å². The first-order chi connectivity index (χ1) is 11.7. The van der Waals surface area contributed by atoms with E-state index in [9.17, 15) is 4.79 Å². The van der Waals surface area contributed by atoms with E-state index in [0.29, 0.717) is 36.1 Å². The second kappa shape index (κ2) is 4.96. The minimum absolute atomic E-state index is 0.0111. The molecule has 124 valence electrons. The van der Waals surface area contributed by atoms with Crippen molar-refractivity contribution in [1.29, 1.82) is 0 Å². The molecule has 5 rings (SSSR count). The summed E-state index contributed by atoms with van der Waals surface area (Å²) in [4.78, 5) is 19.5. The van der Waals surface area contributed by atoms with Crippen LogP contribution in [0, 0.1) is 0 Å². The minimum Gasteiger partial charge on any atom is -0.454 e. The molecule has 1 fully saturated rings. The summed E-state index contributed by atoms with van der Waals surface area (Å²) < 4.78 is 12.6. The molecule has 1 atom stereocenters. The van der Waals surface area contributed by atoms with E-state index < -0.39 is 0 Å². The molecule has 0 N–H and O–H groups in total. The maximum Gasteiger partial charge on any atom is 0.254 e. The SMILES string of the molecule is C[C@@H]1c2nc(C3CC3)nn2CCN1C(=O)c1ccc2c(c1)OCO2. The molecule has 3 aliphatic rings. The monoisotopic (exact) mass is 326 g/mol. The Bertz CT molecular complexity index is 827. The molecule has 0 unspecified atom stereocenters. The average Bonchev–Trinajstić information content (AvgIpc) is 3.18. The van der Waals surface area contributed by atoms with Gasteiger partial charge in [0.05, 0.1) is 12.6 Å². The van der Waals surface area contributed by atoms with Crippen molar-refractivity contribution in [1.82, 2.24) is 19.7 Å². The second-order valence-electron chi connectivity index (χ2n) is 6.57. The number of ether oxygens (including phenoxy) is 2. The van der Waals surface area contributed by atoms with Crippen molar-refractivity contribution in [2.24, 2.45) is 0 Å². The molecule has 7 heteroatoms. The van der Waals surface area contributed by atoms with Crippen molar-refractivity contribution in [3.63, 3.8) is 0 Å². The van der Waals surface area contributed by atoms with Crippen LogP contribution in [0.3, 0.4) is 0 Å². The predicted molar refractivity (Wildman–Crippen MR) is 84.0 cm³/mol. The van der Waals surface area contributed by atoms with E-state index in [1.165, 1.54) is 12.8 Å². The van der Waals surface area contributed by atoms with E-state index in [-0.39, 0.29) is 18.7 Å². The van der Waals surface area contributed by atoms with Gasteiger partial charge < -0.3 is 14.4 Å². The normalized spacial score (nSPS) is 21.7. The number of amides is 1. The summed E-state index contributed by atoms with van der Waals surface area (Å²) in [7, 11) is 0. The smallest absolute Gasteiger partial charge is 0.254 e. The van der Waals surface area contributed by atoms with Crippen LogP contribution in [0.2, 0.25) is 0 Å². The lowest BCUT2D eigenvalue weighted by Gasteiger charge is -2.33. The summed E-state index contributed by atoms with van der Waals surface area (Å²) in [6.07, 6.45) is 2.36. The van der Waals surface area contributed by atoms with Crippen LogP contribution in [0.4, 0.5) is 0 Å². The minimum atomic E-state index is -0.0864. The third-order valence-electron chi connectivity index (χ3n) is 4.93. The number of fused-ring (bicyclic) bond motifs is 2. The van der Waals surface area contributed by atoms with Crippen LogP contribution >= 0.6 is 0 Å². The third-order valence-corrected chi connectivity index (χ3v) is 4.93. The summed E-state index contributed by atoms with van der Waals surface area (Å²) >= 11 is 0. The van der Waals surface area contributed by atoms with Gasteiger partial charge in [0, 0.05) is 18.0 Å². The van der Waals surface area contributed by atoms with Crippen molar-refractivity contribution >= 4 is 5.91 Å².